The molecule has 1 aliphatic rings. The van der Waals surface area contributed by atoms with E-state index in [2.05, 4.69) is 0 Å². The Morgan fingerprint density at radius 3 is 2.72 bits per heavy atom. The molecule has 0 aromatic heterocycles. The molecule has 100 valence electrons. The first kappa shape index (κ1) is 13.3. The maximum atomic E-state index is 13.2. The van der Waals surface area contributed by atoms with Crippen LogP contribution in [0.5, 0.6) is 0 Å². The average Bonchev–Trinajstić information content (AvgIpc) is 3.20. The highest BCUT2D eigenvalue weighted by Gasteiger charge is 2.43. The summed E-state index contributed by atoms with van der Waals surface area (Å²) in [7, 11) is 0. The molecule has 1 fully saturated rings. The molecule has 1 unspecified atom stereocenters. The lowest BCUT2D eigenvalue weighted by Gasteiger charge is -2.34. The molecule has 1 aromatic carbocycles. The summed E-state index contributed by atoms with van der Waals surface area (Å²) in [6, 6.07) is 6.46. The van der Waals surface area contributed by atoms with Crippen LogP contribution in [0.1, 0.15) is 19.8 Å². The summed E-state index contributed by atoms with van der Waals surface area (Å²) in [5, 5.41) is 10.5. The monoisotopic (exact) mass is 252 g/mol. The first-order valence-corrected chi connectivity index (χ1v) is 6.52. The summed E-state index contributed by atoms with van der Waals surface area (Å²) < 4.78 is 13.2. The molecule has 3 nitrogen and oxygen atoms in total. The Bertz CT molecular complexity index is 409. The summed E-state index contributed by atoms with van der Waals surface area (Å²) in [4.78, 5) is 1.98. The maximum Gasteiger partial charge on any atom is 0.125 e. The van der Waals surface area contributed by atoms with Crippen molar-refractivity contribution in [3.8, 4) is 0 Å². The third kappa shape index (κ3) is 2.82. The van der Waals surface area contributed by atoms with Gasteiger partial charge in [0.05, 0.1) is 5.60 Å². The van der Waals surface area contributed by atoms with Gasteiger partial charge in [-0.05, 0) is 43.9 Å². The molecule has 0 aliphatic heterocycles. The SMILES string of the molecule is CCN(CC(O)(CN)C1CC1)c1cccc(F)c1. The van der Waals surface area contributed by atoms with E-state index in [1.165, 1.54) is 12.1 Å². The summed E-state index contributed by atoms with van der Waals surface area (Å²) >= 11 is 0. The minimum atomic E-state index is -0.845. The second-order valence-electron chi connectivity index (χ2n) is 5.08. The quantitative estimate of drug-likeness (QED) is 0.811. The lowest BCUT2D eigenvalue weighted by atomic mass is 9.97. The zero-order chi connectivity index (χ0) is 13.2. The number of nitrogens with zero attached hydrogens (tertiary/aromatic N) is 1. The van der Waals surface area contributed by atoms with E-state index in [1.807, 2.05) is 17.9 Å². The number of rotatable bonds is 6. The van der Waals surface area contributed by atoms with Crippen molar-refractivity contribution in [2.75, 3.05) is 24.5 Å². The smallest absolute Gasteiger partial charge is 0.125 e. The van der Waals surface area contributed by atoms with Crippen molar-refractivity contribution in [3.05, 3.63) is 30.1 Å². The molecule has 0 amide bonds. The second kappa shape index (κ2) is 5.24. The molecule has 0 heterocycles. The summed E-state index contributed by atoms with van der Waals surface area (Å²) in [6.07, 6.45) is 2.07. The topological polar surface area (TPSA) is 49.5 Å². The van der Waals surface area contributed by atoms with E-state index in [0.717, 1.165) is 25.1 Å². The van der Waals surface area contributed by atoms with Crippen molar-refractivity contribution in [3.63, 3.8) is 0 Å². The van der Waals surface area contributed by atoms with Crippen molar-refractivity contribution >= 4 is 5.69 Å². The van der Waals surface area contributed by atoms with Crippen molar-refractivity contribution in [2.45, 2.75) is 25.4 Å². The van der Waals surface area contributed by atoms with Crippen LogP contribution in [-0.4, -0.2) is 30.3 Å². The first-order chi connectivity index (χ1) is 8.59. The molecule has 4 heteroatoms. The molecule has 0 bridgehead atoms. The highest BCUT2D eigenvalue weighted by molar-refractivity contribution is 5.46. The van der Waals surface area contributed by atoms with Crippen LogP contribution in [0.4, 0.5) is 10.1 Å². The second-order valence-corrected chi connectivity index (χ2v) is 5.08. The van der Waals surface area contributed by atoms with E-state index >= 15 is 0 Å². The fourth-order valence-electron chi connectivity index (χ4n) is 2.37. The summed E-state index contributed by atoms with van der Waals surface area (Å²) in [6.45, 7) is 3.44. The number of anilines is 1. The van der Waals surface area contributed by atoms with Gasteiger partial charge in [-0.15, -0.1) is 0 Å². The average molecular weight is 252 g/mol. The summed E-state index contributed by atoms with van der Waals surface area (Å²) in [5.41, 5.74) is 5.66. The van der Waals surface area contributed by atoms with E-state index in [0.29, 0.717) is 12.5 Å². The van der Waals surface area contributed by atoms with Crippen molar-refractivity contribution in [1.29, 1.82) is 0 Å². The molecule has 18 heavy (non-hydrogen) atoms. The molecule has 1 aromatic rings. The van der Waals surface area contributed by atoms with Crippen LogP contribution in [-0.2, 0) is 0 Å². The number of halogens is 1. The number of nitrogens with two attached hydrogens (primary N) is 1. The lowest BCUT2D eigenvalue weighted by Crippen LogP contribution is -2.50. The number of hydrogen-bond donors (Lipinski definition) is 2. The highest BCUT2D eigenvalue weighted by Crippen LogP contribution is 2.40. The molecule has 0 radical (unpaired) electrons. The molecule has 0 spiro atoms. The van der Waals surface area contributed by atoms with Crippen LogP contribution in [0.3, 0.4) is 0 Å². The zero-order valence-corrected chi connectivity index (χ0v) is 10.8. The van der Waals surface area contributed by atoms with Crippen LogP contribution in [0.2, 0.25) is 0 Å². The number of likely N-dealkylation sites (N-methyl/N-ethyl adjacent to an activating group) is 1. The van der Waals surface area contributed by atoms with Crippen LogP contribution in [0.15, 0.2) is 24.3 Å². The van der Waals surface area contributed by atoms with Gasteiger partial charge in [0.15, 0.2) is 0 Å². The van der Waals surface area contributed by atoms with Crippen molar-refractivity contribution in [1.82, 2.24) is 0 Å². The van der Waals surface area contributed by atoms with Crippen LogP contribution in [0, 0.1) is 11.7 Å². The van der Waals surface area contributed by atoms with Gasteiger partial charge in [-0.2, -0.15) is 0 Å². The maximum absolute atomic E-state index is 13.2. The Morgan fingerprint density at radius 1 is 1.50 bits per heavy atom. The standard InChI is InChI=1S/C14H21FN2O/c1-2-17(13-5-3-4-12(15)8-13)10-14(18,9-16)11-6-7-11/h3-5,8,11,18H,2,6-7,9-10,16H2,1H3. The Balaban J connectivity index is 2.13. The Kier molecular flexibility index (Phi) is 3.88. The van der Waals surface area contributed by atoms with Gasteiger partial charge < -0.3 is 15.7 Å². The minimum absolute atomic E-state index is 0.253. The van der Waals surface area contributed by atoms with Crippen molar-refractivity contribution in [2.24, 2.45) is 11.7 Å². The fraction of sp³-hybridized carbons (Fsp3) is 0.571. The van der Waals surface area contributed by atoms with Gasteiger partial charge in [0.25, 0.3) is 0 Å². The van der Waals surface area contributed by atoms with E-state index in [4.69, 9.17) is 5.73 Å². The molecular formula is C14H21FN2O. The van der Waals surface area contributed by atoms with E-state index in [1.54, 1.807) is 6.07 Å². The van der Waals surface area contributed by atoms with Crippen LogP contribution >= 0.6 is 0 Å². The predicted molar refractivity (Wildman–Crippen MR) is 71.0 cm³/mol. The Labute approximate surface area is 107 Å². The van der Waals surface area contributed by atoms with E-state index in [-0.39, 0.29) is 12.4 Å². The number of aliphatic hydroxyl groups is 1. The molecule has 3 N–H and O–H groups in total. The van der Waals surface area contributed by atoms with Gasteiger partial charge in [0.2, 0.25) is 0 Å². The highest BCUT2D eigenvalue weighted by atomic mass is 19.1. The first-order valence-electron chi connectivity index (χ1n) is 6.52. The fourth-order valence-corrected chi connectivity index (χ4v) is 2.37. The van der Waals surface area contributed by atoms with Crippen LogP contribution in [0.25, 0.3) is 0 Å². The van der Waals surface area contributed by atoms with Gasteiger partial charge >= 0.3 is 0 Å². The third-order valence-electron chi connectivity index (χ3n) is 3.71. The Hall–Kier alpha value is -1.13. The van der Waals surface area contributed by atoms with E-state index < -0.39 is 5.60 Å². The zero-order valence-electron chi connectivity index (χ0n) is 10.8. The molecule has 2 rings (SSSR count). The van der Waals surface area contributed by atoms with Gasteiger partial charge in [-0.3, -0.25) is 0 Å². The molecule has 1 saturated carbocycles. The van der Waals surface area contributed by atoms with Crippen molar-refractivity contribution < 1.29 is 9.50 Å². The number of hydrogen-bond acceptors (Lipinski definition) is 3. The van der Waals surface area contributed by atoms with Gasteiger partial charge in [-0.25, -0.2) is 4.39 Å². The summed E-state index contributed by atoms with van der Waals surface area (Å²) in [5.74, 6) is 0.0405. The third-order valence-corrected chi connectivity index (χ3v) is 3.71. The van der Waals surface area contributed by atoms with Crippen LogP contribution < -0.4 is 10.6 Å². The number of benzene rings is 1. The van der Waals surface area contributed by atoms with Gasteiger partial charge in [-0.1, -0.05) is 6.07 Å². The Morgan fingerprint density at radius 2 is 2.22 bits per heavy atom. The minimum Gasteiger partial charge on any atom is -0.386 e. The molecule has 1 aliphatic carbocycles. The van der Waals surface area contributed by atoms with Gasteiger partial charge in [0, 0.05) is 25.3 Å². The van der Waals surface area contributed by atoms with E-state index in [9.17, 15) is 9.50 Å². The normalized spacial score (nSPS) is 18.4. The molecular weight excluding hydrogens is 231 g/mol. The molecule has 1 atom stereocenters. The lowest BCUT2D eigenvalue weighted by molar-refractivity contribution is 0.0335. The molecule has 0 saturated heterocycles. The van der Waals surface area contributed by atoms with Gasteiger partial charge in [0.1, 0.15) is 5.82 Å². The largest absolute Gasteiger partial charge is 0.386 e. The predicted octanol–water partition coefficient (Wildman–Crippen LogP) is 1.75.